The van der Waals surface area contributed by atoms with Crippen LogP contribution in [0.3, 0.4) is 0 Å². The lowest BCUT2D eigenvalue weighted by Crippen LogP contribution is -2.29. The summed E-state index contributed by atoms with van der Waals surface area (Å²) in [4.78, 5) is 19.9. The Balaban J connectivity index is 2.03. The molecule has 1 saturated heterocycles. The molecule has 7 heteroatoms. The largest absolute Gasteiger partial charge is 0.481 e. The van der Waals surface area contributed by atoms with E-state index in [0.717, 1.165) is 0 Å². The Labute approximate surface area is 110 Å². The number of amides is 1. The zero-order valence-electron chi connectivity index (χ0n) is 9.98. The van der Waals surface area contributed by atoms with Gasteiger partial charge in [0.1, 0.15) is 5.15 Å². The van der Waals surface area contributed by atoms with E-state index in [9.17, 15) is 4.79 Å². The molecule has 0 spiro atoms. The number of hydrogen-bond donors (Lipinski definition) is 1. The minimum Gasteiger partial charge on any atom is -0.481 e. The highest BCUT2D eigenvalue weighted by atomic mass is 35.5. The summed E-state index contributed by atoms with van der Waals surface area (Å²) in [7, 11) is 1.47. The summed E-state index contributed by atoms with van der Waals surface area (Å²) >= 11 is 5.80. The quantitative estimate of drug-likeness (QED) is 0.844. The molecule has 18 heavy (non-hydrogen) atoms. The molecule has 1 N–H and O–H groups in total. The van der Waals surface area contributed by atoms with Crippen LogP contribution in [-0.4, -0.2) is 36.2 Å². The van der Waals surface area contributed by atoms with Crippen molar-refractivity contribution in [1.29, 1.82) is 0 Å². The number of nitrogens with zero attached hydrogens (tertiary/aromatic N) is 2. The first-order chi connectivity index (χ1) is 8.69. The minimum absolute atomic E-state index is 0.0627. The molecule has 0 aromatic carbocycles. The minimum atomic E-state index is -0.109. The molecule has 0 saturated carbocycles. The van der Waals surface area contributed by atoms with Gasteiger partial charge in [0, 0.05) is 25.2 Å². The fraction of sp³-hybridized carbons (Fsp3) is 0.545. The normalized spacial score (nSPS) is 16.3. The average molecular weight is 272 g/mol. The van der Waals surface area contributed by atoms with E-state index in [4.69, 9.17) is 21.1 Å². The van der Waals surface area contributed by atoms with Crippen molar-refractivity contribution in [3.8, 4) is 5.88 Å². The first kappa shape index (κ1) is 13.0. The van der Waals surface area contributed by atoms with Crippen molar-refractivity contribution < 1.29 is 14.3 Å². The molecule has 1 aliphatic heterocycles. The molecule has 6 nitrogen and oxygen atoms in total. The van der Waals surface area contributed by atoms with Crippen molar-refractivity contribution in [2.75, 3.05) is 25.6 Å². The van der Waals surface area contributed by atoms with Crippen LogP contribution >= 0.6 is 11.6 Å². The van der Waals surface area contributed by atoms with Crippen molar-refractivity contribution in [3.05, 3.63) is 11.2 Å². The fourth-order valence-electron chi connectivity index (χ4n) is 1.73. The van der Waals surface area contributed by atoms with Crippen molar-refractivity contribution >= 4 is 23.5 Å². The Hall–Kier alpha value is -1.40. The van der Waals surface area contributed by atoms with Crippen LogP contribution in [0.15, 0.2) is 6.07 Å². The first-order valence-electron chi connectivity index (χ1n) is 5.66. The van der Waals surface area contributed by atoms with E-state index in [1.807, 2.05) is 0 Å². The standard InChI is InChI=1S/C11H14ClN3O3/c1-17-9-6-8(12)13-11(14-9)15-10(16)7-2-4-18-5-3-7/h6-7H,2-5H2,1H3,(H,13,14,15,16). The monoisotopic (exact) mass is 271 g/mol. The third-order valence-corrected chi connectivity index (χ3v) is 2.90. The van der Waals surface area contributed by atoms with Crippen molar-refractivity contribution in [2.24, 2.45) is 5.92 Å². The number of carbonyl (C=O) groups is 1. The number of aromatic nitrogens is 2. The molecule has 1 aromatic heterocycles. The van der Waals surface area contributed by atoms with Gasteiger partial charge in [-0.15, -0.1) is 0 Å². The predicted molar refractivity (Wildman–Crippen MR) is 65.8 cm³/mol. The second-order valence-electron chi connectivity index (χ2n) is 3.93. The number of carbonyl (C=O) groups excluding carboxylic acids is 1. The number of methoxy groups -OCH3 is 1. The highest BCUT2D eigenvalue weighted by Crippen LogP contribution is 2.19. The summed E-state index contributed by atoms with van der Waals surface area (Å²) in [6.45, 7) is 1.22. The number of hydrogen-bond acceptors (Lipinski definition) is 5. The van der Waals surface area contributed by atoms with Crippen molar-refractivity contribution in [2.45, 2.75) is 12.8 Å². The molecule has 98 valence electrons. The third kappa shape index (κ3) is 3.30. The van der Waals surface area contributed by atoms with Crippen molar-refractivity contribution in [1.82, 2.24) is 9.97 Å². The summed E-state index contributed by atoms with van der Waals surface area (Å²) < 4.78 is 10.2. The number of nitrogens with one attached hydrogen (secondary N) is 1. The van der Waals surface area contributed by atoms with Gasteiger partial charge in [-0.25, -0.2) is 4.98 Å². The first-order valence-corrected chi connectivity index (χ1v) is 6.04. The summed E-state index contributed by atoms with van der Waals surface area (Å²) in [6.07, 6.45) is 1.42. The predicted octanol–water partition coefficient (Wildman–Crippen LogP) is 1.50. The summed E-state index contributed by atoms with van der Waals surface area (Å²) in [5.74, 6) is 0.308. The van der Waals surface area contributed by atoms with Gasteiger partial charge in [-0.2, -0.15) is 4.98 Å². The SMILES string of the molecule is COc1cc(Cl)nc(NC(=O)C2CCOCC2)n1. The summed E-state index contributed by atoms with van der Waals surface area (Å²) in [5.41, 5.74) is 0. The van der Waals surface area contributed by atoms with Crippen LogP contribution in [-0.2, 0) is 9.53 Å². The average Bonchev–Trinajstić information content (AvgIpc) is 2.39. The summed E-state index contributed by atoms with van der Waals surface area (Å²) in [6, 6.07) is 1.48. The Morgan fingerprint density at radius 1 is 1.50 bits per heavy atom. The van der Waals surface area contributed by atoms with Crippen LogP contribution < -0.4 is 10.1 Å². The molecule has 0 unspecified atom stereocenters. The second kappa shape index (κ2) is 5.97. The van der Waals surface area contributed by atoms with Gasteiger partial charge in [-0.3, -0.25) is 10.1 Å². The topological polar surface area (TPSA) is 73.3 Å². The van der Waals surface area contributed by atoms with Gasteiger partial charge >= 0.3 is 0 Å². The van der Waals surface area contributed by atoms with Crippen LogP contribution in [0.2, 0.25) is 5.15 Å². The highest BCUT2D eigenvalue weighted by molar-refractivity contribution is 6.29. The molecule has 1 amide bonds. The van der Waals surface area contributed by atoms with E-state index < -0.39 is 0 Å². The van der Waals surface area contributed by atoms with Crippen LogP contribution in [0.1, 0.15) is 12.8 Å². The van der Waals surface area contributed by atoms with Gasteiger partial charge in [0.15, 0.2) is 0 Å². The molecular weight excluding hydrogens is 258 g/mol. The number of anilines is 1. The lowest BCUT2D eigenvalue weighted by Gasteiger charge is -2.20. The Kier molecular flexibility index (Phi) is 4.33. The van der Waals surface area contributed by atoms with E-state index in [2.05, 4.69) is 15.3 Å². The lowest BCUT2D eigenvalue weighted by molar-refractivity contribution is -0.122. The lowest BCUT2D eigenvalue weighted by atomic mass is 10.00. The van der Waals surface area contributed by atoms with Gasteiger partial charge in [0.25, 0.3) is 0 Å². The van der Waals surface area contributed by atoms with Crippen molar-refractivity contribution in [3.63, 3.8) is 0 Å². The van der Waals surface area contributed by atoms with Gasteiger partial charge < -0.3 is 9.47 Å². The van der Waals surface area contributed by atoms with Crippen LogP contribution in [0.25, 0.3) is 0 Å². The van der Waals surface area contributed by atoms with E-state index in [0.29, 0.717) is 31.9 Å². The van der Waals surface area contributed by atoms with Gasteiger partial charge in [0.2, 0.25) is 17.7 Å². The van der Waals surface area contributed by atoms with Crippen LogP contribution in [0.4, 0.5) is 5.95 Å². The third-order valence-electron chi connectivity index (χ3n) is 2.71. The Bertz CT molecular complexity index is 436. The Morgan fingerprint density at radius 2 is 2.22 bits per heavy atom. The molecular formula is C11H14ClN3O3. The maximum atomic E-state index is 11.9. The fourth-order valence-corrected chi connectivity index (χ4v) is 1.90. The molecule has 1 aliphatic rings. The van der Waals surface area contributed by atoms with E-state index in [1.165, 1.54) is 13.2 Å². The summed E-state index contributed by atoms with van der Waals surface area (Å²) in [5, 5.41) is 2.87. The van der Waals surface area contributed by atoms with E-state index in [1.54, 1.807) is 0 Å². The number of ether oxygens (including phenoxy) is 2. The molecule has 0 bridgehead atoms. The van der Waals surface area contributed by atoms with E-state index in [-0.39, 0.29) is 22.9 Å². The molecule has 2 rings (SSSR count). The molecule has 1 fully saturated rings. The van der Waals surface area contributed by atoms with E-state index >= 15 is 0 Å². The van der Waals surface area contributed by atoms with Gasteiger partial charge in [-0.05, 0) is 12.8 Å². The zero-order chi connectivity index (χ0) is 13.0. The van der Waals surface area contributed by atoms with Gasteiger partial charge in [0.05, 0.1) is 7.11 Å². The van der Waals surface area contributed by atoms with Crippen LogP contribution in [0, 0.1) is 5.92 Å². The maximum Gasteiger partial charge on any atom is 0.234 e. The maximum absolute atomic E-state index is 11.9. The molecule has 2 heterocycles. The molecule has 0 atom stereocenters. The van der Waals surface area contributed by atoms with Crippen LogP contribution in [0.5, 0.6) is 5.88 Å². The molecule has 0 radical (unpaired) electrons. The Morgan fingerprint density at radius 3 is 2.89 bits per heavy atom. The second-order valence-corrected chi connectivity index (χ2v) is 4.32. The highest BCUT2D eigenvalue weighted by Gasteiger charge is 2.22. The smallest absolute Gasteiger partial charge is 0.234 e. The van der Waals surface area contributed by atoms with Gasteiger partial charge in [-0.1, -0.05) is 11.6 Å². The number of rotatable bonds is 3. The zero-order valence-corrected chi connectivity index (χ0v) is 10.7. The molecule has 0 aliphatic carbocycles. The molecule has 1 aromatic rings. The number of halogens is 1.